The molecule has 0 aliphatic carbocycles. The van der Waals surface area contributed by atoms with Gasteiger partial charge in [-0.1, -0.05) is 12.1 Å². The number of aryl methyl sites for hydroxylation is 2. The number of carbonyl (C=O) groups is 1. The third kappa shape index (κ3) is 4.51. The van der Waals surface area contributed by atoms with Gasteiger partial charge in [0, 0.05) is 25.6 Å². The zero-order valence-corrected chi connectivity index (χ0v) is 14.6. The number of carbonyl (C=O) groups excluding carboxylic acids is 1. The first-order chi connectivity index (χ1) is 11.4. The third-order valence-electron chi connectivity index (χ3n) is 4.01. The Morgan fingerprint density at radius 3 is 2.46 bits per heavy atom. The van der Waals surface area contributed by atoms with Crippen molar-refractivity contribution in [2.45, 2.75) is 27.2 Å². The van der Waals surface area contributed by atoms with Gasteiger partial charge in [-0.25, -0.2) is 9.38 Å². The van der Waals surface area contributed by atoms with Crippen molar-refractivity contribution in [3.8, 4) is 0 Å². The number of benzene rings is 2. The number of hydrogen-bond acceptors (Lipinski definition) is 2. The molecular formula is C20H23FN2O. The molecule has 0 saturated heterocycles. The number of rotatable bonds is 6. The number of halogens is 1. The smallest absolute Gasteiger partial charge is 0.167 e. The van der Waals surface area contributed by atoms with Crippen LogP contribution in [0.3, 0.4) is 0 Å². The highest BCUT2D eigenvalue weighted by molar-refractivity contribution is 5.99. The van der Waals surface area contributed by atoms with Gasteiger partial charge in [-0.2, -0.15) is 0 Å². The Morgan fingerprint density at radius 1 is 1.17 bits per heavy atom. The molecule has 2 rings (SSSR count). The van der Waals surface area contributed by atoms with Crippen LogP contribution in [-0.4, -0.2) is 30.6 Å². The molecule has 0 bridgehead atoms. The van der Waals surface area contributed by atoms with E-state index in [0.29, 0.717) is 5.56 Å². The summed E-state index contributed by atoms with van der Waals surface area (Å²) < 4.78 is 13.0. The van der Waals surface area contributed by atoms with Crippen LogP contribution in [-0.2, 0) is 6.42 Å². The molecule has 0 aliphatic rings. The predicted octanol–water partition coefficient (Wildman–Crippen LogP) is 4.48. The second-order valence-electron chi connectivity index (χ2n) is 6.00. The minimum Gasteiger partial charge on any atom is -0.366 e. The highest BCUT2D eigenvalue weighted by Gasteiger charge is 2.12. The Kier molecular flexibility index (Phi) is 5.85. The maximum Gasteiger partial charge on any atom is 0.167 e. The van der Waals surface area contributed by atoms with Gasteiger partial charge in [0.15, 0.2) is 5.78 Å². The summed E-state index contributed by atoms with van der Waals surface area (Å²) >= 11 is 0. The maximum absolute atomic E-state index is 13.0. The molecule has 0 spiro atoms. The molecule has 0 radical (unpaired) electrons. The standard InChI is InChI=1S/C20H23FN2O/c1-5-23(4)13-22-19-11-14(2)18(10-15(19)3)20(24)12-16-6-8-17(21)9-7-16/h6-11,13H,5,12H2,1-4H3. The van der Waals surface area contributed by atoms with Crippen molar-refractivity contribution in [2.24, 2.45) is 4.99 Å². The van der Waals surface area contributed by atoms with Crippen molar-refractivity contribution >= 4 is 17.8 Å². The van der Waals surface area contributed by atoms with E-state index in [-0.39, 0.29) is 18.0 Å². The van der Waals surface area contributed by atoms with Crippen molar-refractivity contribution in [3.63, 3.8) is 0 Å². The van der Waals surface area contributed by atoms with Gasteiger partial charge in [-0.05, 0) is 61.7 Å². The lowest BCUT2D eigenvalue weighted by Gasteiger charge is -2.11. The molecular weight excluding hydrogens is 303 g/mol. The topological polar surface area (TPSA) is 32.7 Å². The fourth-order valence-electron chi connectivity index (χ4n) is 2.37. The van der Waals surface area contributed by atoms with Gasteiger partial charge < -0.3 is 4.90 Å². The lowest BCUT2D eigenvalue weighted by molar-refractivity contribution is 0.0992. The van der Waals surface area contributed by atoms with E-state index in [1.54, 1.807) is 18.5 Å². The van der Waals surface area contributed by atoms with Crippen LogP contribution < -0.4 is 0 Å². The van der Waals surface area contributed by atoms with Gasteiger partial charge in [0.05, 0.1) is 12.0 Å². The summed E-state index contributed by atoms with van der Waals surface area (Å²) in [6, 6.07) is 9.88. The van der Waals surface area contributed by atoms with Crippen LogP contribution in [0.15, 0.2) is 41.4 Å². The molecule has 0 aromatic heterocycles. The third-order valence-corrected chi connectivity index (χ3v) is 4.01. The average Bonchev–Trinajstić information content (AvgIpc) is 2.56. The van der Waals surface area contributed by atoms with E-state index >= 15 is 0 Å². The van der Waals surface area contributed by atoms with Gasteiger partial charge in [0.2, 0.25) is 0 Å². The largest absolute Gasteiger partial charge is 0.366 e. The van der Waals surface area contributed by atoms with Crippen LogP contribution in [0.2, 0.25) is 0 Å². The molecule has 4 heteroatoms. The van der Waals surface area contributed by atoms with Crippen molar-refractivity contribution in [1.29, 1.82) is 0 Å². The summed E-state index contributed by atoms with van der Waals surface area (Å²) in [7, 11) is 1.96. The summed E-state index contributed by atoms with van der Waals surface area (Å²) in [6.45, 7) is 6.81. The fourth-order valence-corrected chi connectivity index (χ4v) is 2.37. The van der Waals surface area contributed by atoms with Crippen LogP contribution >= 0.6 is 0 Å². The lowest BCUT2D eigenvalue weighted by Crippen LogP contribution is -2.14. The quantitative estimate of drug-likeness (QED) is 0.445. The van der Waals surface area contributed by atoms with Crippen molar-refractivity contribution in [2.75, 3.05) is 13.6 Å². The summed E-state index contributed by atoms with van der Waals surface area (Å²) in [6.07, 6.45) is 2.06. The summed E-state index contributed by atoms with van der Waals surface area (Å²) in [5.74, 6) is -0.263. The molecule has 0 fully saturated rings. The molecule has 0 amide bonds. The van der Waals surface area contributed by atoms with Crippen LogP contribution in [0.1, 0.15) is 34.0 Å². The van der Waals surface area contributed by atoms with Gasteiger partial charge >= 0.3 is 0 Å². The number of ketones is 1. The Bertz CT molecular complexity index is 751. The van der Waals surface area contributed by atoms with Gasteiger partial charge in [-0.15, -0.1) is 0 Å². The summed E-state index contributed by atoms with van der Waals surface area (Å²) in [4.78, 5) is 19.0. The minimum atomic E-state index is -0.294. The van der Waals surface area contributed by atoms with E-state index < -0.39 is 0 Å². The number of Topliss-reactive ketones (excluding diaryl/α,β-unsaturated/α-hetero) is 1. The monoisotopic (exact) mass is 326 g/mol. The SMILES string of the molecule is CCN(C)C=Nc1cc(C)c(C(=O)Cc2ccc(F)cc2)cc1C. The second-order valence-corrected chi connectivity index (χ2v) is 6.00. The normalized spacial score (nSPS) is 11.0. The van der Waals surface area contributed by atoms with Crippen molar-refractivity contribution in [1.82, 2.24) is 4.90 Å². The van der Waals surface area contributed by atoms with Crippen molar-refractivity contribution in [3.05, 3.63) is 64.5 Å². The van der Waals surface area contributed by atoms with E-state index in [4.69, 9.17) is 0 Å². The number of aliphatic imine (C=N–C) groups is 1. The van der Waals surface area contributed by atoms with E-state index in [2.05, 4.69) is 11.9 Å². The van der Waals surface area contributed by atoms with E-state index in [0.717, 1.165) is 28.9 Å². The Balaban J connectivity index is 2.21. The Labute approximate surface area is 142 Å². The first-order valence-corrected chi connectivity index (χ1v) is 8.04. The van der Waals surface area contributed by atoms with Crippen LogP contribution in [0.25, 0.3) is 0 Å². The summed E-state index contributed by atoms with van der Waals surface area (Å²) in [5.41, 5.74) is 4.23. The Hall–Kier alpha value is -2.49. The molecule has 0 saturated carbocycles. The van der Waals surface area contributed by atoms with E-state index in [1.165, 1.54) is 12.1 Å². The Morgan fingerprint density at radius 2 is 1.83 bits per heavy atom. The molecule has 0 heterocycles. The first kappa shape index (κ1) is 17.9. The molecule has 0 N–H and O–H groups in total. The first-order valence-electron chi connectivity index (χ1n) is 8.04. The van der Waals surface area contributed by atoms with Gasteiger partial charge in [-0.3, -0.25) is 4.79 Å². The van der Waals surface area contributed by atoms with Crippen LogP contribution in [0.5, 0.6) is 0 Å². The molecule has 3 nitrogen and oxygen atoms in total. The van der Waals surface area contributed by atoms with Crippen molar-refractivity contribution < 1.29 is 9.18 Å². The zero-order chi connectivity index (χ0) is 17.7. The van der Waals surface area contributed by atoms with E-state index in [1.807, 2.05) is 37.9 Å². The minimum absolute atomic E-state index is 0.0309. The van der Waals surface area contributed by atoms with Gasteiger partial charge in [0.25, 0.3) is 0 Å². The molecule has 0 aliphatic heterocycles. The maximum atomic E-state index is 13.0. The highest BCUT2D eigenvalue weighted by Crippen LogP contribution is 2.24. The van der Waals surface area contributed by atoms with Crippen LogP contribution in [0, 0.1) is 19.7 Å². The highest BCUT2D eigenvalue weighted by atomic mass is 19.1. The molecule has 24 heavy (non-hydrogen) atoms. The molecule has 126 valence electrons. The number of hydrogen-bond donors (Lipinski definition) is 0. The van der Waals surface area contributed by atoms with Crippen LogP contribution in [0.4, 0.5) is 10.1 Å². The average molecular weight is 326 g/mol. The second kappa shape index (κ2) is 7.86. The zero-order valence-electron chi connectivity index (χ0n) is 14.6. The summed E-state index contributed by atoms with van der Waals surface area (Å²) in [5, 5.41) is 0. The molecule has 0 atom stereocenters. The number of nitrogens with zero attached hydrogens (tertiary/aromatic N) is 2. The lowest BCUT2D eigenvalue weighted by atomic mass is 9.96. The molecule has 0 unspecified atom stereocenters. The fraction of sp³-hybridized carbons (Fsp3) is 0.300. The van der Waals surface area contributed by atoms with E-state index in [9.17, 15) is 9.18 Å². The molecule has 2 aromatic rings. The molecule has 2 aromatic carbocycles. The van der Waals surface area contributed by atoms with Gasteiger partial charge in [0.1, 0.15) is 5.82 Å². The predicted molar refractivity (Wildman–Crippen MR) is 96.8 cm³/mol.